The summed E-state index contributed by atoms with van der Waals surface area (Å²) in [7, 11) is 0. The van der Waals surface area contributed by atoms with E-state index in [2.05, 4.69) is 19.9 Å². The van der Waals surface area contributed by atoms with Crippen LogP contribution in [-0.4, -0.2) is 6.29 Å². The van der Waals surface area contributed by atoms with Gasteiger partial charge >= 0.3 is 0 Å². The second kappa shape index (κ2) is 3.21. The van der Waals surface area contributed by atoms with Crippen LogP contribution in [0.5, 0.6) is 0 Å². The molecule has 0 radical (unpaired) electrons. The zero-order valence-corrected chi connectivity index (χ0v) is 7.39. The Labute approximate surface area is 68.5 Å². The van der Waals surface area contributed by atoms with Gasteiger partial charge in [0.1, 0.15) is 6.29 Å². The first-order valence-electron chi connectivity index (χ1n) is 4.34. The fourth-order valence-electron chi connectivity index (χ4n) is 1.65. The number of rotatable bonds is 2. The topological polar surface area (TPSA) is 17.1 Å². The summed E-state index contributed by atoms with van der Waals surface area (Å²) in [5.74, 6) is 0. The van der Waals surface area contributed by atoms with Crippen molar-refractivity contribution in [1.29, 1.82) is 0 Å². The molecule has 0 aromatic carbocycles. The highest BCUT2D eigenvalue weighted by atomic mass is 16.1. The molecule has 11 heavy (non-hydrogen) atoms. The van der Waals surface area contributed by atoms with Crippen LogP contribution in [0, 0.1) is 5.41 Å². The molecule has 0 saturated carbocycles. The Hall–Kier alpha value is -0.590. The minimum absolute atomic E-state index is 0.394. The summed E-state index contributed by atoms with van der Waals surface area (Å²) in [5, 5.41) is 0. The Morgan fingerprint density at radius 2 is 2.45 bits per heavy atom. The van der Waals surface area contributed by atoms with Gasteiger partial charge in [-0.05, 0) is 30.3 Å². The van der Waals surface area contributed by atoms with Gasteiger partial charge in [0.25, 0.3) is 0 Å². The van der Waals surface area contributed by atoms with E-state index in [1.807, 2.05) is 0 Å². The Bertz CT molecular complexity index is 181. The molecule has 0 aromatic rings. The van der Waals surface area contributed by atoms with Crippen molar-refractivity contribution < 1.29 is 4.79 Å². The summed E-state index contributed by atoms with van der Waals surface area (Å²) in [6.45, 7) is 4.47. The number of allylic oxidation sites excluding steroid dienone is 2. The molecular formula is C10H16O. The van der Waals surface area contributed by atoms with E-state index in [-0.39, 0.29) is 0 Å². The van der Waals surface area contributed by atoms with E-state index in [1.165, 1.54) is 12.8 Å². The monoisotopic (exact) mass is 152 g/mol. The number of hydrogen-bond donors (Lipinski definition) is 0. The minimum atomic E-state index is 0.394. The summed E-state index contributed by atoms with van der Waals surface area (Å²) in [6, 6.07) is 0. The standard InChI is InChI=1S/C10H16O/c1-3-10(2)6-4-5-9(7-10)8-11/h5,8H,3-4,6-7H2,1-2H3. The maximum atomic E-state index is 10.5. The van der Waals surface area contributed by atoms with Gasteiger partial charge in [-0.15, -0.1) is 0 Å². The molecule has 0 aliphatic heterocycles. The molecule has 0 saturated heterocycles. The lowest BCUT2D eigenvalue weighted by Crippen LogP contribution is -2.19. The highest BCUT2D eigenvalue weighted by Gasteiger charge is 2.25. The summed E-state index contributed by atoms with van der Waals surface area (Å²) >= 11 is 0. The van der Waals surface area contributed by atoms with E-state index in [1.54, 1.807) is 0 Å². The smallest absolute Gasteiger partial charge is 0.145 e. The average Bonchev–Trinajstić information content (AvgIpc) is 2.05. The van der Waals surface area contributed by atoms with Crippen LogP contribution in [0.3, 0.4) is 0 Å². The Morgan fingerprint density at radius 3 is 3.00 bits per heavy atom. The van der Waals surface area contributed by atoms with E-state index in [4.69, 9.17) is 0 Å². The van der Waals surface area contributed by atoms with Crippen molar-refractivity contribution >= 4 is 6.29 Å². The molecule has 0 aromatic heterocycles. The molecule has 0 N–H and O–H groups in total. The van der Waals surface area contributed by atoms with Crippen LogP contribution in [0.25, 0.3) is 0 Å². The Balaban J connectivity index is 2.66. The third-order valence-electron chi connectivity index (χ3n) is 2.79. The zero-order valence-electron chi connectivity index (χ0n) is 7.39. The largest absolute Gasteiger partial charge is 0.298 e. The van der Waals surface area contributed by atoms with Gasteiger partial charge in [-0.3, -0.25) is 4.79 Å². The second-order valence-electron chi connectivity index (χ2n) is 3.78. The maximum absolute atomic E-state index is 10.5. The molecule has 1 atom stereocenters. The first-order valence-corrected chi connectivity index (χ1v) is 4.34. The van der Waals surface area contributed by atoms with Gasteiger partial charge < -0.3 is 0 Å². The van der Waals surface area contributed by atoms with E-state index in [0.717, 1.165) is 24.7 Å². The van der Waals surface area contributed by atoms with Crippen molar-refractivity contribution in [3.63, 3.8) is 0 Å². The summed E-state index contributed by atoms with van der Waals surface area (Å²) < 4.78 is 0. The van der Waals surface area contributed by atoms with Gasteiger partial charge in [0.2, 0.25) is 0 Å². The van der Waals surface area contributed by atoms with Crippen LogP contribution in [0.2, 0.25) is 0 Å². The molecule has 0 amide bonds. The third kappa shape index (κ3) is 1.92. The quantitative estimate of drug-likeness (QED) is 0.556. The van der Waals surface area contributed by atoms with Crippen molar-refractivity contribution in [2.24, 2.45) is 5.41 Å². The molecule has 62 valence electrons. The first kappa shape index (κ1) is 8.51. The number of carbonyl (C=O) groups is 1. The third-order valence-corrected chi connectivity index (χ3v) is 2.79. The summed E-state index contributed by atoms with van der Waals surface area (Å²) in [4.78, 5) is 10.5. The van der Waals surface area contributed by atoms with E-state index < -0.39 is 0 Å². The van der Waals surface area contributed by atoms with Gasteiger partial charge in [0.15, 0.2) is 0 Å². The molecule has 1 aliphatic carbocycles. The summed E-state index contributed by atoms with van der Waals surface area (Å²) in [6.07, 6.45) is 7.56. The zero-order chi connectivity index (χ0) is 8.32. The van der Waals surface area contributed by atoms with Crippen molar-refractivity contribution in [3.8, 4) is 0 Å². The molecule has 0 fully saturated rings. The SMILES string of the molecule is CCC1(C)CCC=C(C=O)C1. The minimum Gasteiger partial charge on any atom is -0.298 e. The maximum Gasteiger partial charge on any atom is 0.145 e. The molecule has 0 bridgehead atoms. The van der Waals surface area contributed by atoms with Gasteiger partial charge in [0, 0.05) is 0 Å². The molecule has 1 aliphatic rings. The highest BCUT2D eigenvalue weighted by Crippen LogP contribution is 2.37. The van der Waals surface area contributed by atoms with Gasteiger partial charge in [-0.2, -0.15) is 0 Å². The number of hydrogen-bond acceptors (Lipinski definition) is 1. The lowest BCUT2D eigenvalue weighted by molar-refractivity contribution is -0.105. The number of aldehydes is 1. The lowest BCUT2D eigenvalue weighted by Gasteiger charge is -2.31. The molecule has 0 heterocycles. The van der Waals surface area contributed by atoms with Crippen molar-refractivity contribution in [1.82, 2.24) is 0 Å². The van der Waals surface area contributed by atoms with E-state index in [9.17, 15) is 4.79 Å². The van der Waals surface area contributed by atoms with Crippen LogP contribution in [0.15, 0.2) is 11.6 Å². The van der Waals surface area contributed by atoms with Gasteiger partial charge in [0.05, 0.1) is 0 Å². The van der Waals surface area contributed by atoms with E-state index >= 15 is 0 Å². The molecular weight excluding hydrogens is 136 g/mol. The predicted octanol–water partition coefficient (Wildman–Crippen LogP) is 2.71. The van der Waals surface area contributed by atoms with Crippen LogP contribution in [-0.2, 0) is 4.79 Å². The molecule has 1 heteroatoms. The Kier molecular flexibility index (Phi) is 2.48. The molecule has 0 spiro atoms. The van der Waals surface area contributed by atoms with Crippen LogP contribution in [0.4, 0.5) is 0 Å². The molecule has 1 unspecified atom stereocenters. The Morgan fingerprint density at radius 1 is 1.73 bits per heavy atom. The lowest BCUT2D eigenvalue weighted by atomic mass is 9.74. The summed E-state index contributed by atoms with van der Waals surface area (Å²) in [5.41, 5.74) is 1.39. The fraction of sp³-hybridized carbons (Fsp3) is 0.700. The molecule has 1 nitrogen and oxygen atoms in total. The van der Waals surface area contributed by atoms with Crippen molar-refractivity contribution in [2.45, 2.75) is 39.5 Å². The van der Waals surface area contributed by atoms with Crippen molar-refractivity contribution in [2.75, 3.05) is 0 Å². The fourth-order valence-corrected chi connectivity index (χ4v) is 1.65. The van der Waals surface area contributed by atoms with Gasteiger partial charge in [-0.25, -0.2) is 0 Å². The first-order chi connectivity index (χ1) is 5.20. The molecule has 1 rings (SSSR count). The highest BCUT2D eigenvalue weighted by molar-refractivity contribution is 5.73. The van der Waals surface area contributed by atoms with Crippen LogP contribution >= 0.6 is 0 Å². The van der Waals surface area contributed by atoms with Crippen LogP contribution < -0.4 is 0 Å². The second-order valence-corrected chi connectivity index (χ2v) is 3.78. The van der Waals surface area contributed by atoms with Crippen molar-refractivity contribution in [3.05, 3.63) is 11.6 Å². The average molecular weight is 152 g/mol. The van der Waals surface area contributed by atoms with Crippen LogP contribution in [0.1, 0.15) is 39.5 Å². The van der Waals surface area contributed by atoms with E-state index in [0.29, 0.717) is 5.41 Å². The predicted molar refractivity (Wildman–Crippen MR) is 46.4 cm³/mol. The van der Waals surface area contributed by atoms with Gasteiger partial charge in [-0.1, -0.05) is 26.3 Å². The normalized spacial score (nSPS) is 31.3. The number of carbonyl (C=O) groups excluding carboxylic acids is 1.